The van der Waals surface area contributed by atoms with Crippen molar-refractivity contribution in [3.8, 4) is 0 Å². The zero-order chi connectivity index (χ0) is 14.2. The third-order valence-corrected chi connectivity index (χ3v) is 5.14. The zero-order valence-corrected chi connectivity index (χ0v) is 12.6. The molecule has 1 N–H and O–H groups in total. The highest BCUT2D eigenvalue weighted by atomic mass is 16.5. The van der Waals surface area contributed by atoms with Gasteiger partial charge in [0.25, 0.3) is 0 Å². The van der Waals surface area contributed by atoms with Crippen LogP contribution in [0.15, 0.2) is 24.3 Å². The van der Waals surface area contributed by atoms with E-state index in [1.54, 1.807) is 0 Å². The van der Waals surface area contributed by atoms with Gasteiger partial charge in [-0.2, -0.15) is 0 Å². The van der Waals surface area contributed by atoms with Gasteiger partial charge in [-0.15, -0.1) is 0 Å². The third-order valence-electron chi connectivity index (χ3n) is 5.14. The summed E-state index contributed by atoms with van der Waals surface area (Å²) in [6, 6.07) is 8.53. The molecule has 0 radical (unpaired) electrons. The Morgan fingerprint density at radius 2 is 2.00 bits per heavy atom. The van der Waals surface area contributed by atoms with Gasteiger partial charge < -0.3 is 9.84 Å². The van der Waals surface area contributed by atoms with E-state index in [9.17, 15) is 5.11 Å². The van der Waals surface area contributed by atoms with E-state index in [0.29, 0.717) is 18.4 Å². The lowest BCUT2D eigenvalue weighted by molar-refractivity contribution is -0.121. The van der Waals surface area contributed by atoms with Crippen molar-refractivity contribution < 1.29 is 9.84 Å². The summed E-state index contributed by atoms with van der Waals surface area (Å²) in [6.07, 6.45) is 5.50. The molecule has 20 heavy (non-hydrogen) atoms. The molecule has 1 saturated carbocycles. The topological polar surface area (TPSA) is 29.5 Å². The second-order valence-corrected chi connectivity index (χ2v) is 6.85. The third kappa shape index (κ3) is 2.51. The van der Waals surface area contributed by atoms with Crippen LogP contribution in [0.2, 0.25) is 0 Å². The van der Waals surface area contributed by atoms with Crippen LogP contribution < -0.4 is 0 Å². The Kier molecular flexibility index (Phi) is 3.87. The summed E-state index contributed by atoms with van der Waals surface area (Å²) < 4.78 is 5.84. The van der Waals surface area contributed by atoms with Crippen molar-refractivity contribution in [1.82, 2.24) is 0 Å². The second kappa shape index (κ2) is 5.50. The molecule has 1 heterocycles. The molecule has 1 aromatic rings. The summed E-state index contributed by atoms with van der Waals surface area (Å²) in [4.78, 5) is 0. The molecular weight excluding hydrogens is 248 g/mol. The molecule has 0 bridgehead atoms. The molecule has 1 aliphatic heterocycles. The highest BCUT2D eigenvalue weighted by molar-refractivity contribution is 5.36. The molecule has 2 fully saturated rings. The van der Waals surface area contributed by atoms with E-state index in [-0.39, 0.29) is 6.10 Å². The lowest BCUT2D eigenvalue weighted by Crippen LogP contribution is -2.41. The van der Waals surface area contributed by atoms with Gasteiger partial charge in [0.05, 0.1) is 18.3 Å². The average Bonchev–Trinajstić information content (AvgIpc) is 2.37. The summed E-state index contributed by atoms with van der Waals surface area (Å²) in [5.41, 5.74) is 1.85. The van der Waals surface area contributed by atoms with Crippen LogP contribution in [0.25, 0.3) is 0 Å². The summed E-state index contributed by atoms with van der Waals surface area (Å²) in [7, 11) is 0. The minimum absolute atomic E-state index is 0.170. The number of ether oxygens (including phenoxy) is 1. The second-order valence-electron chi connectivity index (χ2n) is 6.85. The van der Waals surface area contributed by atoms with Gasteiger partial charge in [-0.25, -0.2) is 0 Å². The maximum absolute atomic E-state index is 11.2. The minimum atomic E-state index is -0.695. The molecule has 2 aliphatic rings. The smallest absolute Gasteiger partial charge is 0.0946 e. The first-order valence-corrected chi connectivity index (χ1v) is 8.03. The normalized spacial score (nSPS) is 31.3. The Hall–Kier alpha value is -0.860. The van der Waals surface area contributed by atoms with Crippen LogP contribution in [0.3, 0.4) is 0 Å². The Morgan fingerprint density at radius 1 is 1.25 bits per heavy atom. The summed E-state index contributed by atoms with van der Waals surface area (Å²) >= 11 is 0. The molecule has 1 aromatic carbocycles. The van der Waals surface area contributed by atoms with Gasteiger partial charge in [0.15, 0.2) is 0 Å². The van der Waals surface area contributed by atoms with Crippen LogP contribution >= 0.6 is 0 Å². The molecule has 3 rings (SSSR count). The minimum Gasteiger partial charge on any atom is -0.385 e. The van der Waals surface area contributed by atoms with E-state index in [1.807, 2.05) is 0 Å². The predicted molar refractivity (Wildman–Crippen MR) is 80.7 cm³/mol. The average molecular weight is 274 g/mol. The molecule has 1 aliphatic carbocycles. The number of hydrogen-bond donors (Lipinski definition) is 1. The Bertz CT molecular complexity index is 464. The molecule has 1 saturated heterocycles. The van der Waals surface area contributed by atoms with Crippen LogP contribution in [0.5, 0.6) is 0 Å². The van der Waals surface area contributed by atoms with E-state index >= 15 is 0 Å². The molecule has 110 valence electrons. The van der Waals surface area contributed by atoms with Crippen LogP contribution in [0, 0.1) is 5.92 Å². The van der Waals surface area contributed by atoms with Gasteiger partial charge in [0.1, 0.15) is 0 Å². The number of aliphatic hydroxyl groups is 1. The van der Waals surface area contributed by atoms with Crippen LogP contribution in [0.1, 0.15) is 63.0 Å². The molecule has 2 atom stereocenters. The SMILES string of the molecule is CC(C)C1CC(O)(c2ccccc2C2CCC2)CCO1. The lowest BCUT2D eigenvalue weighted by atomic mass is 9.72. The standard InChI is InChI=1S/C18H26O2/c1-13(2)17-12-18(19,10-11-20-17)16-9-4-3-8-15(16)14-6-5-7-14/h3-4,8-9,13-14,17,19H,5-7,10-12H2,1-2H3. The van der Waals surface area contributed by atoms with E-state index in [0.717, 1.165) is 12.8 Å². The molecular formula is C18H26O2. The van der Waals surface area contributed by atoms with Crippen molar-refractivity contribution >= 4 is 0 Å². The first-order chi connectivity index (χ1) is 9.60. The fraction of sp³-hybridized carbons (Fsp3) is 0.667. The van der Waals surface area contributed by atoms with E-state index in [2.05, 4.69) is 38.1 Å². The Balaban J connectivity index is 1.90. The quantitative estimate of drug-likeness (QED) is 0.903. The molecule has 0 aromatic heterocycles. The predicted octanol–water partition coefficient (Wildman–Crippen LogP) is 3.98. The first-order valence-electron chi connectivity index (χ1n) is 8.03. The van der Waals surface area contributed by atoms with Crippen molar-refractivity contribution in [3.05, 3.63) is 35.4 Å². The highest BCUT2D eigenvalue weighted by Crippen LogP contribution is 2.44. The maximum Gasteiger partial charge on any atom is 0.0946 e. The zero-order valence-electron chi connectivity index (χ0n) is 12.6. The van der Waals surface area contributed by atoms with E-state index in [1.165, 1.54) is 30.4 Å². The van der Waals surface area contributed by atoms with Crippen LogP contribution in [0.4, 0.5) is 0 Å². The lowest BCUT2D eigenvalue weighted by Gasteiger charge is -2.41. The fourth-order valence-electron chi connectivity index (χ4n) is 3.54. The van der Waals surface area contributed by atoms with Crippen LogP contribution in [-0.2, 0) is 10.3 Å². The van der Waals surface area contributed by atoms with Crippen molar-refractivity contribution in [2.24, 2.45) is 5.92 Å². The fourth-order valence-corrected chi connectivity index (χ4v) is 3.54. The van der Waals surface area contributed by atoms with Crippen LogP contribution in [-0.4, -0.2) is 17.8 Å². The van der Waals surface area contributed by atoms with Gasteiger partial charge in [-0.3, -0.25) is 0 Å². The van der Waals surface area contributed by atoms with Crippen molar-refractivity contribution in [2.45, 2.75) is 63.6 Å². The Morgan fingerprint density at radius 3 is 2.65 bits per heavy atom. The number of hydrogen-bond acceptors (Lipinski definition) is 2. The summed E-state index contributed by atoms with van der Waals surface area (Å²) in [6.45, 7) is 5.01. The molecule has 2 heteroatoms. The summed E-state index contributed by atoms with van der Waals surface area (Å²) in [5.74, 6) is 1.12. The number of rotatable bonds is 3. The maximum atomic E-state index is 11.2. The molecule has 0 spiro atoms. The summed E-state index contributed by atoms with van der Waals surface area (Å²) in [5, 5.41) is 11.2. The largest absolute Gasteiger partial charge is 0.385 e. The highest BCUT2D eigenvalue weighted by Gasteiger charge is 2.40. The van der Waals surface area contributed by atoms with Gasteiger partial charge in [0, 0.05) is 12.8 Å². The van der Waals surface area contributed by atoms with Crippen molar-refractivity contribution in [3.63, 3.8) is 0 Å². The van der Waals surface area contributed by atoms with Gasteiger partial charge in [0.2, 0.25) is 0 Å². The van der Waals surface area contributed by atoms with E-state index < -0.39 is 5.60 Å². The van der Waals surface area contributed by atoms with Gasteiger partial charge in [-0.05, 0) is 35.8 Å². The van der Waals surface area contributed by atoms with Crippen molar-refractivity contribution in [1.29, 1.82) is 0 Å². The Labute approximate surface area is 122 Å². The van der Waals surface area contributed by atoms with Gasteiger partial charge in [-0.1, -0.05) is 44.5 Å². The molecule has 0 amide bonds. The molecule has 2 unspecified atom stereocenters. The molecule has 2 nitrogen and oxygen atoms in total. The van der Waals surface area contributed by atoms with Crippen molar-refractivity contribution in [2.75, 3.05) is 6.61 Å². The first kappa shape index (κ1) is 14.1. The number of benzene rings is 1. The van der Waals surface area contributed by atoms with E-state index in [4.69, 9.17) is 4.74 Å². The van der Waals surface area contributed by atoms with Gasteiger partial charge >= 0.3 is 0 Å². The monoisotopic (exact) mass is 274 g/mol.